The number of thioether (sulfide) groups is 1. The molecule has 1 atom stereocenters. The molecule has 0 aromatic heterocycles. The van der Waals surface area contributed by atoms with Gasteiger partial charge in [0.2, 0.25) is 0 Å². The van der Waals surface area contributed by atoms with Gasteiger partial charge in [-0.05, 0) is 17.7 Å². The lowest BCUT2D eigenvalue weighted by molar-refractivity contribution is -0.138. The van der Waals surface area contributed by atoms with Gasteiger partial charge in [-0.15, -0.1) is 11.8 Å². The zero-order chi connectivity index (χ0) is 16.8. The fourth-order valence-corrected chi connectivity index (χ4v) is 3.59. The van der Waals surface area contributed by atoms with Crippen LogP contribution >= 0.6 is 11.8 Å². The average Bonchev–Trinajstić information content (AvgIpc) is 3.12. The molecule has 1 aliphatic heterocycles. The quantitative estimate of drug-likeness (QED) is 0.848. The highest BCUT2D eigenvalue weighted by Gasteiger charge is 2.35. The topological polar surface area (TPSA) is 58.6 Å². The Bertz CT molecular complexity index is 694. The number of hydrogen-bond acceptors (Lipinski definition) is 4. The van der Waals surface area contributed by atoms with Crippen LogP contribution in [0, 0.1) is 0 Å². The van der Waals surface area contributed by atoms with Gasteiger partial charge in [0, 0.05) is 11.3 Å². The normalized spacial score (nSPS) is 16.8. The molecule has 1 heterocycles. The van der Waals surface area contributed by atoms with Gasteiger partial charge in [-0.2, -0.15) is 0 Å². The van der Waals surface area contributed by atoms with Crippen LogP contribution in [0.15, 0.2) is 60.7 Å². The first-order valence-electron chi connectivity index (χ1n) is 7.65. The minimum absolute atomic E-state index is 0.135. The molecular weight excluding hydrogens is 324 g/mol. The van der Waals surface area contributed by atoms with Crippen LogP contribution in [-0.4, -0.2) is 34.4 Å². The minimum atomic E-state index is -0.515. The van der Waals surface area contributed by atoms with Crippen molar-refractivity contribution in [1.29, 1.82) is 0 Å². The van der Waals surface area contributed by atoms with Gasteiger partial charge in [0.25, 0.3) is 11.8 Å². The summed E-state index contributed by atoms with van der Waals surface area (Å²) in [4.78, 5) is 31.8. The lowest BCUT2D eigenvalue weighted by Crippen LogP contribution is -2.47. The van der Waals surface area contributed by atoms with E-state index >= 15 is 0 Å². The fraction of sp³-hybridized carbons (Fsp3) is 0.222. The summed E-state index contributed by atoms with van der Waals surface area (Å²) >= 11 is 1.56. The van der Waals surface area contributed by atoms with E-state index in [-0.39, 0.29) is 11.8 Å². The summed E-state index contributed by atoms with van der Waals surface area (Å²) in [5, 5.41) is 0. The zero-order valence-electron chi connectivity index (χ0n) is 13.1. The lowest BCUT2D eigenvalue weighted by Gasteiger charge is -2.22. The van der Waals surface area contributed by atoms with E-state index in [1.54, 1.807) is 28.8 Å². The molecule has 24 heavy (non-hydrogen) atoms. The molecule has 0 saturated carbocycles. The summed E-state index contributed by atoms with van der Waals surface area (Å²) in [6.45, 7) is 0.291. The predicted octanol–water partition coefficient (Wildman–Crippen LogP) is 2.45. The summed E-state index contributed by atoms with van der Waals surface area (Å²) in [7, 11) is 0. The van der Waals surface area contributed by atoms with Gasteiger partial charge >= 0.3 is 0 Å². The van der Waals surface area contributed by atoms with Crippen molar-refractivity contribution < 1.29 is 14.4 Å². The van der Waals surface area contributed by atoms with E-state index < -0.39 is 6.04 Å². The first-order chi connectivity index (χ1) is 11.8. The van der Waals surface area contributed by atoms with Gasteiger partial charge < -0.3 is 4.90 Å². The van der Waals surface area contributed by atoms with E-state index in [9.17, 15) is 9.59 Å². The second-order valence-corrected chi connectivity index (χ2v) is 6.40. The Balaban J connectivity index is 1.56. The number of nitrogens with one attached hydrogen (secondary N) is 1. The highest BCUT2D eigenvalue weighted by molar-refractivity contribution is 7.99. The van der Waals surface area contributed by atoms with Gasteiger partial charge in [-0.25, -0.2) is 5.48 Å². The van der Waals surface area contributed by atoms with Crippen LogP contribution in [0.2, 0.25) is 0 Å². The van der Waals surface area contributed by atoms with Crippen LogP contribution in [-0.2, 0) is 16.2 Å². The number of benzene rings is 2. The van der Waals surface area contributed by atoms with Crippen molar-refractivity contribution in [2.75, 3.05) is 11.6 Å². The summed E-state index contributed by atoms with van der Waals surface area (Å²) < 4.78 is 0. The van der Waals surface area contributed by atoms with Crippen LogP contribution in [0.25, 0.3) is 0 Å². The first-order valence-corrected chi connectivity index (χ1v) is 8.80. The summed E-state index contributed by atoms with van der Waals surface area (Å²) in [6.07, 6.45) is 0. The van der Waals surface area contributed by atoms with Crippen LogP contribution in [0.4, 0.5) is 0 Å². The maximum absolute atomic E-state index is 12.5. The van der Waals surface area contributed by atoms with Gasteiger partial charge in [0.05, 0.1) is 12.5 Å². The molecule has 0 unspecified atom stereocenters. The van der Waals surface area contributed by atoms with Crippen LogP contribution in [0.5, 0.6) is 0 Å². The number of carbonyl (C=O) groups is 2. The molecule has 0 bridgehead atoms. The Kier molecular flexibility index (Phi) is 5.51. The Hall–Kier alpha value is -2.31. The first kappa shape index (κ1) is 16.5. The van der Waals surface area contributed by atoms with Crippen molar-refractivity contribution in [3.05, 3.63) is 71.8 Å². The maximum Gasteiger partial charge on any atom is 0.267 e. The van der Waals surface area contributed by atoms with Crippen LogP contribution < -0.4 is 5.48 Å². The summed E-state index contributed by atoms with van der Waals surface area (Å²) in [6, 6.07) is 18.1. The lowest BCUT2D eigenvalue weighted by atomic mass is 10.2. The number of hydrogen-bond donors (Lipinski definition) is 1. The molecule has 0 aliphatic carbocycles. The number of amides is 2. The van der Waals surface area contributed by atoms with Gasteiger partial charge in [-0.1, -0.05) is 48.5 Å². The second kappa shape index (κ2) is 7.99. The molecule has 0 radical (unpaired) electrons. The van der Waals surface area contributed by atoms with Crippen LogP contribution in [0.1, 0.15) is 15.9 Å². The number of hydroxylamine groups is 1. The Morgan fingerprint density at radius 2 is 1.75 bits per heavy atom. The minimum Gasteiger partial charge on any atom is -0.316 e. The molecule has 2 aromatic carbocycles. The molecule has 2 aromatic rings. The van der Waals surface area contributed by atoms with E-state index in [2.05, 4.69) is 5.48 Å². The predicted molar refractivity (Wildman–Crippen MR) is 93.1 cm³/mol. The van der Waals surface area contributed by atoms with E-state index in [1.165, 1.54) is 0 Å². The summed E-state index contributed by atoms with van der Waals surface area (Å²) in [5.41, 5.74) is 4.02. The van der Waals surface area contributed by atoms with E-state index in [0.29, 0.717) is 23.8 Å². The van der Waals surface area contributed by atoms with E-state index in [1.807, 2.05) is 48.5 Å². The Labute approximate surface area is 144 Å². The van der Waals surface area contributed by atoms with Crippen LogP contribution in [0.3, 0.4) is 0 Å². The third kappa shape index (κ3) is 3.96. The van der Waals surface area contributed by atoms with Crippen molar-refractivity contribution in [2.24, 2.45) is 0 Å². The second-order valence-electron chi connectivity index (χ2n) is 5.40. The van der Waals surface area contributed by atoms with Crippen molar-refractivity contribution in [3.63, 3.8) is 0 Å². The zero-order valence-corrected chi connectivity index (χ0v) is 13.9. The summed E-state index contributed by atoms with van der Waals surface area (Å²) in [5.74, 6) is 0.646. The van der Waals surface area contributed by atoms with Gasteiger partial charge in [0.15, 0.2) is 0 Å². The molecular formula is C18H18N2O3S. The largest absolute Gasteiger partial charge is 0.316 e. The standard InChI is InChI=1S/C18H18N2O3S/c21-17(19-23-11-14-7-3-1-4-8-14)16-12-24-13-20(16)18(22)15-9-5-2-6-10-15/h1-10,16H,11-13H2,(H,19,21)/t16-/m1/s1. The molecule has 1 aliphatic rings. The number of nitrogens with zero attached hydrogens (tertiary/aromatic N) is 1. The maximum atomic E-state index is 12.5. The van der Waals surface area contributed by atoms with Crippen molar-refractivity contribution in [3.8, 4) is 0 Å². The third-order valence-corrected chi connectivity index (χ3v) is 4.73. The molecule has 0 spiro atoms. The third-order valence-electron chi connectivity index (χ3n) is 3.72. The molecule has 5 nitrogen and oxygen atoms in total. The van der Waals surface area contributed by atoms with Crippen molar-refractivity contribution in [2.45, 2.75) is 12.6 Å². The molecule has 1 fully saturated rings. The number of rotatable bonds is 5. The van der Waals surface area contributed by atoms with Gasteiger partial charge in [-0.3, -0.25) is 14.4 Å². The molecule has 3 rings (SSSR count). The average molecular weight is 342 g/mol. The Morgan fingerprint density at radius 1 is 1.08 bits per heavy atom. The Morgan fingerprint density at radius 3 is 2.46 bits per heavy atom. The molecule has 1 saturated heterocycles. The molecule has 2 amide bonds. The monoisotopic (exact) mass is 342 g/mol. The highest BCUT2D eigenvalue weighted by Crippen LogP contribution is 2.23. The fourth-order valence-electron chi connectivity index (χ4n) is 2.44. The SMILES string of the molecule is O=C(NOCc1ccccc1)[C@H]1CSCN1C(=O)c1ccccc1. The molecule has 124 valence electrons. The molecule has 1 N–H and O–H groups in total. The van der Waals surface area contributed by atoms with Gasteiger partial charge in [0.1, 0.15) is 6.04 Å². The van der Waals surface area contributed by atoms with E-state index in [4.69, 9.17) is 4.84 Å². The van der Waals surface area contributed by atoms with E-state index in [0.717, 1.165) is 5.56 Å². The van der Waals surface area contributed by atoms with Crippen molar-refractivity contribution in [1.82, 2.24) is 10.4 Å². The smallest absolute Gasteiger partial charge is 0.267 e. The highest BCUT2D eigenvalue weighted by atomic mass is 32.2. The van der Waals surface area contributed by atoms with Crippen molar-refractivity contribution >= 4 is 23.6 Å². The number of carbonyl (C=O) groups excluding carboxylic acids is 2. The molecule has 6 heteroatoms.